The van der Waals surface area contributed by atoms with E-state index in [9.17, 15) is 14.4 Å². The van der Waals surface area contributed by atoms with Gasteiger partial charge >= 0.3 is 6.03 Å². The Morgan fingerprint density at radius 2 is 1.69 bits per heavy atom. The Labute approximate surface area is 80.7 Å². The van der Waals surface area contributed by atoms with Gasteiger partial charge in [-0.25, -0.2) is 4.79 Å². The third kappa shape index (κ3) is 1.67. The van der Waals surface area contributed by atoms with Gasteiger partial charge in [-0.05, 0) is 6.42 Å². The zero-order valence-electron chi connectivity index (χ0n) is 7.09. The monoisotopic (exact) mass is 202 g/mol. The molecule has 13 heavy (non-hydrogen) atoms. The van der Waals surface area contributed by atoms with Crippen LogP contribution in [0.3, 0.4) is 0 Å². The maximum Gasteiger partial charge on any atom is 0.328 e. The van der Waals surface area contributed by atoms with Gasteiger partial charge in [0, 0.05) is 0 Å². The summed E-state index contributed by atoms with van der Waals surface area (Å²) in [6.45, 7) is 1.83. The maximum absolute atomic E-state index is 11.3. The van der Waals surface area contributed by atoms with E-state index >= 15 is 0 Å². The van der Waals surface area contributed by atoms with Crippen LogP contribution in [0.5, 0.6) is 0 Å². The molecule has 5 nitrogen and oxygen atoms in total. The van der Waals surface area contributed by atoms with E-state index in [-0.39, 0.29) is 0 Å². The topological polar surface area (TPSA) is 75.3 Å². The van der Waals surface area contributed by atoms with Gasteiger partial charge in [0.25, 0.3) is 11.8 Å². The van der Waals surface area contributed by atoms with Gasteiger partial charge in [-0.2, -0.15) is 12.6 Å². The van der Waals surface area contributed by atoms with Crippen molar-refractivity contribution in [3.8, 4) is 0 Å². The highest BCUT2D eigenvalue weighted by molar-refractivity contribution is 7.83. The molecule has 1 saturated heterocycles. The lowest BCUT2D eigenvalue weighted by atomic mass is 9.99. The van der Waals surface area contributed by atoms with E-state index in [2.05, 4.69) is 12.6 Å². The average molecular weight is 202 g/mol. The maximum atomic E-state index is 11.3. The van der Waals surface area contributed by atoms with E-state index in [1.807, 2.05) is 17.6 Å². The summed E-state index contributed by atoms with van der Waals surface area (Å²) < 4.78 is -1.40. The number of thiol groups is 1. The van der Waals surface area contributed by atoms with Gasteiger partial charge in [-0.3, -0.25) is 20.2 Å². The summed E-state index contributed by atoms with van der Waals surface area (Å²) in [5.74, 6) is -1.29. The lowest BCUT2D eigenvalue weighted by Gasteiger charge is -2.28. The fraction of sp³-hybridized carbons (Fsp3) is 0.571. The Hall–Kier alpha value is -1.04. The molecule has 4 amide bonds. The molecule has 1 heterocycles. The molecule has 0 aromatic rings. The van der Waals surface area contributed by atoms with Crippen LogP contribution in [0.4, 0.5) is 4.79 Å². The van der Waals surface area contributed by atoms with Gasteiger partial charge in [0.1, 0.15) is 0 Å². The quantitative estimate of drug-likeness (QED) is 0.429. The zero-order chi connectivity index (χ0) is 10.1. The van der Waals surface area contributed by atoms with Gasteiger partial charge in [0.2, 0.25) is 0 Å². The molecule has 1 rings (SSSR count). The summed E-state index contributed by atoms with van der Waals surface area (Å²) in [7, 11) is 0. The van der Waals surface area contributed by atoms with Gasteiger partial charge in [-0.1, -0.05) is 13.3 Å². The molecule has 72 valence electrons. The molecule has 0 radical (unpaired) electrons. The van der Waals surface area contributed by atoms with Crippen molar-refractivity contribution in [1.82, 2.24) is 10.6 Å². The number of hydrogen-bond donors (Lipinski definition) is 3. The summed E-state index contributed by atoms with van der Waals surface area (Å²) >= 11 is 3.98. The van der Waals surface area contributed by atoms with Crippen molar-refractivity contribution in [3.05, 3.63) is 0 Å². The second-order valence-electron chi connectivity index (χ2n) is 2.85. The standard InChI is InChI=1S/C7H10N2O3S/c1-2-3-7(13)4(10)8-6(12)9-5(7)11/h13H,2-3H2,1H3,(H2,8,9,10,11,12). The van der Waals surface area contributed by atoms with Crippen molar-refractivity contribution in [1.29, 1.82) is 0 Å². The summed E-state index contributed by atoms with van der Waals surface area (Å²) in [6, 6.07) is -0.782. The first-order valence-corrected chi connectivity index (χ1v) is 4.34. The van der Waals surface area contributed by atoms with Gasteiger partial charge in [-0.15, -0.1) is 0 Å². The van der Waals surface area contributed by atoms with Crippen LogP contribution in [0.2, 0.25) is 0 Å². The van der Waals surface area contributed by atoms with Gasteiger partial charge < -0.3 is 0 Å². The number of carbonyl (C=O) groups excluding carboxylic acids is 3. The predicted molar refractivity (Wildman–Crippen MR) is 48.3 cm³/mol. The van der Waals surface area contributed by atoms with Crippen LogP contribution < -0.4 is 10.6 Å². The molecule has 0 saturated carbocycles. The molecule has 6 heteroatoms. The third-order valence-electron chi connectivity index (χ3n) is 1.82. The van der Waals surface area contributed by atoms with Gasteiger partial charge in [0.05, 0.1) is 0 Å². The fourth-order valence-corrected chi connectivity index (χ4v) is 1.47. The molecule has 0 aromatic carbocycles. The second kappa shape index (κ2) is 3.37. The molecule has 1 aliphatic rings. The van der Waals surface area contributed by atoms with Crippen molar-refractivity contribution in [2.24, 2.45) is 0 Å². The van der Waals surface area contributed by atoms with E-state index in [4.69, 9.17) is 0 Å². The first-order chi connectivity index (χ1) is 6.00. The summed E-state index contributed by atoms with van der Waals surface area (Å²) in [4.78, 5) is 33.2. The highest BCUT2D eigenvalue weighted by atomic mass is 32.1. The van der Waals surface area contributed by atoms with E-state index in [1.165, 1.54) is 0 Å². The lowest BCUT2D eigenvalue weighted by molar-refractivity contribution is -0.133. The molecule has 0 bridgehead atoms. The van der Waals surface area contributed by atoms with Crippen LogP contribution in [0.1, 0.15) is 19.8 Å². The van der Waals surface area contributed by atoms with E-state index in [0.29, 0.717) is 12.8 Å². The SMILES string of the molecule is CCCC1(S)C(=O)NC(=O)NC1=O. The Morgan fingerprint density at radius 1 is 1.23 bits per heavy atom. The lowest BCUT2D eigenvalue weighted by Crippen LogP contribution is -2.64. The van der Waals surface area contributed by atoms with Crippen LogP contribution in [0, 0.1) is 0 Å². The van der Waals surface area contributed by atoms with Gasteiger partial charge in [0.15, 0.2) is 4.75 Å². The van der Waals surface area contributed by atoms with Crippen LogP contribution in [0.15, 0.2) is 0 Å². The molecular weight excluding hydrogens is 192 g/mol. The largest absolute Gasteiger partial charge is 0.328 e. The number of urea groups is 1. The molecule has 0 unspecified atom stereocenters. The summed E-state index contributed by atoms with van der Waals surface area (Å²) in [6.07, 6.45) is 0.944. The molecule has 0 aromatic heterocycles. The zero-order valence-corrected chi connectivity index (χ0v) is 7.98. The van der Waals surface area contributed by atoms with Crippen LogP contribution in [0.25, 0.3) is 0 Å². The van der Waals surface area contributed by atoms with Crippen LogP contribution in [-0.4, -0.2) is 22.6 Å². The third-order valence-corrected chi connectivity index (χ3v) is 2.45. The number of barbiturate groups is 1. The molecule has 1 aliphatic heterocycles. The van der Waals surface area contributed by atoms with Crippen molar-refractivity contribution in [3.63, 3.8) is 0 Å². The van der Waals surface area contributed by atoms with Crippen molar-refractivity contribution >= 4 is 30.5 Å². The summed E-state index contributed by atoms with van der Waals surface area (Å²) in [5, 5.41) is 4.00. The first-order valence-electron chi connectivity index (χ1n) is 3.90. The fourth-order valence-electron chi connectivity index (χ4n) is 1.14. The smallest absolute Gasteiger partial charge is 0.276 e. The molecular formula is C7H10N2O3S. The normalized spacial score (nSPS) is 20.9. The number of imide groups is 2. The summed E-state index contributed by atoms with van der Waals surface area (Å²) in [5.41, 5.74) is 0. The number of nitrogens with one attached hydrogen (secondary N) is 2. The predicted octanol–water partition coefficient (Wildman–Crippen LogP) is -0.179. The molecule has 0 atom stereocenters. The number of amides is 4. The van der Waals surface area contributed by atoms with Crippen LogP contribution >= 0.6 is 12.6 Å². The average Bonchev–Trinajstić information content (AvgIpc) is 2.01. The molecule has 0 spiro atoms. The molecule has 2 N–H and O–H groups in total. The minimum Gasteiger partial charge on any atom is -0.276 e. The Bertz CT molecular complexity index is 257. The minimum atomic E-state index is -1.40. The second-order valence-corrected chi connectivity index (χ2v) is 3.61. The van der Waals surface area contributed by atoms with Crippen molar-refractivity contribution < 1.29 is 14.4 Å². The highest BCUT2D eigenvalue weighted by Crippen LogP contribution is 2.23. The van der Waals surface area contributed by atoms with Crippen molar-refractivity contribution in [2.75, 3.05) is 0 Å². The Morgan fingerprint density at radius 3 is 2.08 bits per heavy atom. The van der Waals surface area contributed by atoms with Crippen molar-refractivity contribution in [2.45, 2.75) is 24.5 Å². The first kappa shape index (κ1) is 10.0. The van der Waals surface area contributed by atoms with E-state index in [0.717, 1.165) is 0 Å². The minimum absolute atomic E-state index is 0.307. The Balaban J connectivity index is 2.89. The molecule has 1 fully saturated rings. The molecule has 0 aliphatic carbocycles. The number of hydrogen-bond acceptors (Lipinski definition) is 4. The number of carbonyl (C=O) groups is 3. The Kier molecular flexibility index (Phi) is 2.60. The number of rotatable bonds is 2. The highest BCUT2D eigenvalue weighted by Gasteiger charge is 2.46. The van der Waals surface area contributed by atoms with E-state index in [1.54, 1.807) is 0 Å². The van der Waals surface area contributed by atoms with Crippen LogP contribution in [-0.2, 0) is 9.59 Å². The van der Waals surface area contributed by atoms with E-state index < -0.39 is 22.6 Å².